The van der Waals surface area contributed by atoms with Crippen LogP contribution < -0.4 is 0 Å². The maximum Gasteiger partial charge on any atom is 0.165 e. The van der Waals surface area contributed by atoms with Crippen LogP contribution in [0.1, 0.15) is 105 Å². The third-order valence-electron chi connectivity index (χ3n) is 10.8. The molecule has 4 rings (SSSR count). The summed E-state index contributed by atoms with van der Waals surface area (Å²) in [4.78, 5) is 13.3. The summed E-state index contributed by atoms with van der Waals surface area (Å²) in [5.41, 5.74) is -1.30. The summed E-state index contributed by atoms with van der Waals surface area (Å²) in [6.07, 6.45) is 10.8. The SMILES string of the molecule is CC(C)CCC[C@@H](C)[C@H]1CC[C@H]2[C@@H]3CC(=O)[C@@]4(O)C[C@@H](O)CC[C@]4(C)[C@H]3CC[C@]12C.Cl. The van der Waals surface area contributed by atoms with Gasteiger partial charge in [-0.3, -0.25) is 4.79 Å². The van der Waals surface area contributed by atoms with E-state index in [2.05, 4.69) is 34.6 Å². The van der Waals surface area contributed by atoms with Gasteiger partial charge in [0.2, 0.25) is 0 Å². The van der Waals surface area contributed by atoms with Crippen molar-refractivity contribution < 1.29 is 15.0 Å². The van der Waals surface area contributed by atoms with E-state index in [-0.39, 0.29) is 30.0 Å². The number of aliphatic hydroxyl groups is 2. The molecular weight excluding hydrogens is 408 g/mol. The summed E-state index contributed by atoms with van der Waals surface area (Å²) >= 11 is 0. The highest BCUT2D eigenvalue weighted by Crippen LogP contribution is 2.68. The highest BCUT2D eigenvalue weighted by molar-refractivity contribution is 5.89. The van der Waals surface area contributed by atoms with Crippen LogP contribution in [0.5, 0.6) is 0 Å². The zero-order valence-corrected chi connectivity index (χ0v) is 21.3. The first-order chi connectivity index (χ1) is 14.0. The number of carbonyl (C=O) groups excluding carboxylic acids is 1. The Bertz CT molecular complexity index is 665. The number of halogens is 1. The van der Waals surface area contributed by atoms with Crippen LogP contribution in [0.2, 0.25) is 0 Å². The quantitative estimate of drug-likeness (QED) is 0.521. The van der Waals surface area contributed by atoms with Crippen LogP contribution >= 0.6 is 12.4 Å². The molecule has 0 heterocycles. The molecule has 0 aromatic heterocycles. The van der Waals surface area contributed by atoms with Gasteiger partial charge < -0.3 is 10.2 Å². The van der Waals surface area contributed by atoms with Crippen molar-refractivity contribution in [1.82, 2.24) is 0 Å². The minimum Gasteiger partial charge on any atom is -0.393 e. The van der Waals surface area contributed by atoms with E-state index in [1.165, 1.54) is 38.5 Å². The van der Waals surface area contributed by atoms with Crippen molar-refractivity contribution in [3.8, 4) is 0 Å². The Kier molecular flexibility index (Phi) is 7.33. The topological polar surface area (TPSA) is 57.5 Å². The van der Waals surface area contributed by atoms with Crippen molar-refractivity contribution in [3.05, 3.63) is 0 Å². The third-order valence-corrected chi connectivity index (χ3v) is 10.8. The average molecular weight is 455 g/mol. The lowest BCUT2D eigenvalue weighted by atomic mass is 9.42. The van der Waals surface area contributed by atoms with Crippen LogP contribution in [-0.2, 0) is 4.79 Å². The summed E-state index contributed by atoms with van der Waals surface area (Å²) in [5, 5.41) is 21.7. The van der Waals surface area contributed by atoms with Gasteiger partial charge in [-0.1, -0.05) is 53.9 Å². The zero-order valence-electron chi connectivity index (χ0n) is 20.5. The fourth-order valence-electron chi connectivity index (χ4n) is 9.04. The van der Waals surface area contributed by atoms with E-state index in [4.69, 9.17) is 0 Å². The number of aliphatic hydroxyl groups excluding tert-OH is 1. The molecular formula is C27H47ClO3. The molecule has 4 aliphatic carbocycles. The van der Waals surface area contributed by atoms with Crippen LogP contribution in [0.4, 0.5) is 0 Å². The van der Waals surface area contributed by atoms with Gasteiger partial charge in [0.1, 0.15) is 5.60 Å². The van der Waals surface area contributed by atoms with Crippen LogP contribution in [0, 0.1) is 46.3 Å². The largest absolute Gasteiger partial charge is 0.393 e. The number of fused-ring (bicyclic) bond motifs is 5. The maximum absolute atomic E-state index is 13.3. The average Bonchev–Trinajstić information content (AvgIpc) is 3.01. The molecule has 0 unspecified atom stereocenters. The van der Waals surface area contributed by atoms with Crippen molar-refractivity contribution in [3.63, 3.8) is 0 Å². The second kappa shape index (κ2) is 8.91. The van der Waals surface area contributed by atoms with Gasteiger partial charge in [0.15, 0.2) is 5.78 Å². The van der Waals surface area contributed by atoms with E-state index in [0.717, 1.165) is 37.0 Å². The van der Waals surface area contributed by atoms with E-state index in [9.17, 15) is 15.0 Å². The molecule has 0 amide bonds. The highest BCUT2D eigenvalue weighted by atomic mass is 35.5. The molecule has 31 heavy (non-hydrogen) atoms. The molecule has 0 radical (unpaired) electrons. The smallest absolute Gasteiger partial charge is 0.165 e. The van der Waals surface area contributed by atoms with Crippen molar-refractivity contribution >= 4 is 18.2 Å². The Morgan fingerprint density at radius 1 is 1.00 bits per heavy atom. The van der Waals surface area contributed by atoms with Crippen molar-refractivity contribution in [2.24, 2.45) is 46.3 Å². The minimum atomic E-state index is -1.30. The number of rotatable bonds is 5. The van der Waals surface area contributed by atoms with Gasteiger partial charge in [0.25, 0.3) is 0 Å². The fourth-order valence-corrected chi connectivity index (χ4v) is 9.04. The highest BCUT2D eigenvalue weighted by Gasteiger charge is 2.67. The summed E-state index contributed by atoms with van der Waals surface area (Å²) in [6.45, 7) is 11.9. The molecule has 0 spiro atoms. The Morgan fingerprint density at radius 3 is 2.39 bits per heavy atom. The summed E-state index contributed by atoms with van der Waals surface area (Å²) < 4.78 is 0. The Labute approximate surface area is 196 Å². The molecule has 0 bridgehead atoms. The van der Waals surface area contributed by atoms with E-state index in [1.807, 2.05) is 0 Å². The molecule has 4 aliphatic rings. The summed E-state index contributed by atoms with van der Waals surface area (Å²) in [6, 6.07) is 0. The molecule has 3 nitrogen and oxygen atoms in total. The zero-order chi connectivity index (χ0) is 21.9. The second-order valence-electron chi connectivity index (χ2n) is 12.7. The lowest BCUT2D eigenvalue weighted by Gasteiger charge is -2.63. The lowest BCUT2D eigenvalue weighted by Crippen LogP contribution is -2.67. The van der Waals surface area contributed by atoms with Crippen molar-refractivity contribution in [2.75, 3.05) is 0 Å². The predicted molar refractivity (Wildman–Crippen MR) is 128 cm³/mol. The summed E-state index contributed by atoms with van der Waals surface area (Å²) in [7, 11) is 0. The number of hydrogen-bond acceptors (Lipinski definition) is 3. The van der Waals surface area contributed by atoms with E-state index in [0.29, 0.717) is 29.6 Å². The molecule has 2 N–H and O–H groups in total. The molecule has 0 saturated heterocycles. The molecule has 180 valence electrons. The summed E-state index contributed by atoms with van der Waals surface area (Å²) in [5.74, 6) is 3.87. The first-order valence-electron chi connectivity index (χ1n) is 13.0. The van der Waals surface area contributed by atoms with Crippen molar-refractivity contribution in [1.29, 1.82) is 0 Å². The van der Waals surface area contributed by atoms with Gasteiger partial charge in [-0.25, -0.2) is 0 Å². The fraction of sp³-hybridized carbons (Fsp3) is 0.963. The number of carbonyl (C=O) groups is 1. The number of ketones is 1. The van der Waals surface area contributed by atoms with Crippen LogP contribution in [0.25, 0.3) is 0 Å². The Balaban J connectivity index is 0.00000272. The van der Waals surface area contributed by atoms with E-state index < -0.39 is 11.7 Å². The van der Waals surface area contributed by atoms with E-state index >= 15 is 0 Å². The number of Topliss-reactive ketones (excluding diaryl/α,β-unsaturated/α-hetero) is 1. The molecule has 0 aromatic carbocycles. The second-order valence-corrected chi connectivity index (χ2v) is 12.7. The molecule has 4 saturated carbocycles. The predicted octanol–water partition coefficient (Wildman–Crippen LogP) is 6.18. The monoisotopic (exact) mass is 454 g/mol. The molecule has 4 heteroatoms. The van der Waals surface area contributed by atoms with Gasteiger partial charge in [-0.15, -0.1) is 12.4 Å². The van der Waals surface area contributed by atoms with Gasteiger partial charge in [-0.2, -0.15) is 0 Å². The normalized spacial score (nSPS) is 47.9. The van der Waals surface area contributed by atoms with Crippen molar-refractivity contribution in [2.45, 2.75) is 117 Å². The first-order valence-corrected chi connectivity index (χ1v) is 13.0. The molecule has 0 aromatic rings. The molecule has 0 aliphatic heterocycles. The van der Waals surface area contributed by atoms with Crippen LogP contribution in [0.15, 0.2) is 0 Å². The van der Waals surface area contributed by atoms with Crippen LogP contribution in [0.3, 0.4) is 0 Å². The Hall–Kier alpha value is -0.120. The van der Waals surface area contributed by atoms with E-state index in [1.54, 1.807) is 0 Å². The molecule has 9 atom stereocenters. The maximum atomic E-state index is 13.3. The van der Waals surface area contributed by atoms with Gasteiger partial charge in [0.05, 0.1) is 6.10 Å². The standard InChI is InChI=1S/C27H46O3.ClH/c1-17(2)7-6-8-18(3)21-9-10-22-20-15-24(29)27(30)16-19(28)11-14-26(27,5)23(20)12-13-25(21,22)4;/h17-23,28,30H,6-16H2,1-5H3;1H/t18-,19+,20+,21-,22+,23+,25-,26-,27+;/m1./s1. The van der Waals surface area contributed by atoms with Gasteiger partial charge >= 0.3 is 0 Å². The Morgan fingerprint density at radius 2 is 1.71 bits per heavy atom. The molecule has 4 fully saturated rings. The first kappa shape index (κ1) is 25.5. The lowest BCUT2D eigenvalue weighted by molar-refractivity contribution is -0.213. The third kappa shape index (κ3) is 3.93. The minimum absolute atomic E-state index is 0. The van der Waals surface area contributed by atoms with Crippen LogP contribution in [-0.4, -0.2) is 27.7 Å². The number of hydrogen-bond donors (Lipinski definition) is 2. The van der Waals surface area contributed by atoms with Gasteiger partial charge in [0, 0.05) is 18.3 Å². The van der Waals surface area contributed by atoms with Gasteiger partial charge in [-0.05, 0) is 79.4 Å².